The molecule has 0 aromatic rings. The van der Waals surface area contributed by atoms with Crippen LogP contribution < -0.4 is 5.73 Å². The minimum atomic E-state index is 0.385. The second-order valence-electron chi connectivity index (χ2n) is 5.20. The lowest BCUT2D eigenvalue weighted by atomic mass is 9.83. The molecule has 86 valence electrons. The van der Waals surface area contributed by atoms with Crippen LogP contribution in [0.15, 0.2) is 0 Å². The van der Waals surface area contributed by atoms with Gasteiger partial charge in [0.05, 0.1) is 0 Å². The highest BCUT2D eigenvalue weighted by Gasteiger charge is 2.32. The Hall–Kier alpha value is -0.410. The molecule has 2 fully saturated rings. The van der Waals surface area contributed by atoms with Crippen molar-refractivity contribution >= 4 is 5.78 Å². The third-order valence-electron chi connectivity index (χ3n) is 4.02. The average Bonchev–Trinajstić information content (AvgIpc) is 2.23. The van der Waals surface area contributed by atoms with Crippen molar-refractivity contribution < 1.29 is 4.79 Å². The summed E-state index contributed by atoms with van der Waals surface area (Å²) in [4.78, 5) is 14.0. The molecule has 2 unspecified atom stereocenters. The number of piperidine rings is 1. The number of hydrogen-bond acceptors (Lipinski definition) is 3. The van der Waals surface area contributed by atoms with Crippen molar-refractivity contribution in [3.63, 3.8) is 0 Å². The van der Waals surface area contributed by atoms with Crippen LogP contribution in [-0.4, -0.2) is 35.9 Å². The van der Waals surface area contributed by atoms with Gasteiger partial charge in [0.15, 0.2) is 0 Å². The molecule has 2 N–H and O–H groups in total. The third-order valence-corrected chi connectivity index (χ3v) is 4.02. The normalized spacial score (nSPS) is 35.7. The predicted molar refractivity (Wildman–Crippen MR) is 60.6 cm³/mol. The zero-order valence-electron chi connectivity index (χ0n) is 9.61. The molecule has 2 rings (SSSR count). The maximum absolute atomic E-state index is 11.5. The van der Waals surface area contributed by atoms with E-state index in [1.807, 2.05) is 0 Å². The number of nitrogens with two attached hydrogens (primary N) is 1. The van der Waals surface area contributed by atoms with Gasteiger partial charge in [0, 0.05) is 24.9 Å². The van der Waals surface area contributed by atoms with Gasteiger partial charge < -0.3 is 5.73 Å². The predicted octanol–water partition coefficient (Wildman–Crippen LogP) is 1.17. The van der Waals surface area contributed by atoms with Crippen LogP contribution in [0.2, 0.25) is 0 Å². The first kappa shape index (κ1) is 11.1. The van der Waals surface area contributed by atoms with Crippen LogP contribution in [0.3, 0.4) is 0 Å². The van der Waals surface area contributed by atoms with Gasteiger partial charge >= 0.3 is 0 Å². The first-order valence-electron chi connectivity index (χ1n) is 6.18. The highest BCUT2D eigenvalue weighted by atomic mass is 16.1. The molecule has 1 saturated heterocycles. The van der Waals surface area contributed by atoms with Crippen molar-refractivity contribution in [2.75, 3.05) is 13.1 Å². The monoisotopic (exact) mass is 210 g/mol. The molecule has 15 heavy (non-hydrogen) atoms. The number of Topliss-reactive ketones (excluding diaryl/α,β-unsaturated/α-hetero) is 1. The Kier molecular flexibility index (Phi) is 3.42. The Morgan fingerprint density at radius 3 is 2.60 bits per heavy atom. The van der Waals surface area contributed by atoms with Gasteiger partial charge in [0.2, 0.25) is 0 Å². The lowest BCUT2D eigenvalue weighted by Gasteiger charge is -2.41. The number of carbonyl (C=O) groups is 1. The lowest BCUT2D eigenvalue weighted by molar-refractivity contribution is -0.123. The zero-order chi connectivity index (χ0) is 10.8. The summed E-state index contributed by atoms with van der Waals surface area (Å²) in [6, 6.07) is 0.884. The van der Waals surface area contributed by atoms with E-state index in [9.17, 15) is 4.79 Å². The Labute approximate surface area is 92.0 Å². The summed E-state index contributed by atoms with van der Waals surface area (Å²) < 4.78 is 0. The van der Waals surface area contributed by atoms with Crippen molar-refractivity contribution in [3.8, 4) is 0 Å². The Balaban J connectivity index is 1.93. The van der Waals surface area contributed by atoms with Gasteiger partial charge in [-0.3, -0.25) is 9.69 Å². The quantitative estimate of drug-likeness (QED) is 0.706. The number of likely N-dealkylation sites (tertiary alicyclic amines) is 1. The van der Waals surface area contributed by atoms with Crippen molar-refractivity contribution in [1.29, 1.82) is 0 Å². The van der Waals surface area contributed by atoms with E-state index in [0.717, 1.165) is 45.2 Å². The molecule has 3 heteroatoms. The summed E-state index contributed by atoms with van der Waals surface area (Å²) in [5.74, 6) is 1.13. The second-order valence-corrected chi connectivity index (χ2v) is 5.20. The Bertz CT molecular complexity index is 234. The molecule has 2 aliphatic rings. The fraction of sp³-hybridized carbons (Fsp3) is 0.917. The summed E-state index contributed by atoms with van der Waals surface area (Å²) >= 11 is 0. The molecule has 1 heterocycles. The van der Waals surface area contributed by atoms with Gasteiger partial charge in [-0.1, -0.05) is 6.92 Å². The van der Waals surface area contributed by atoms with Crippen molar-refractivity contribution in [3.05, 3.63) is 0 Å². The van der Waals surface area contributed by atoms with Crippen LogP contribution in [0.5, 0.6) is 0 Å². The topological polar surface area (TPSA) is 46.3 Å². The van der Waals surface area contributed by atoms with Gasteiger partial charge in [-0.15, -0.1) is 0 Å². The summed E-state index contributed by atoms with van der Waals surface area (Å²) in [5.41, 5.74) is 5.89. The van der Waals surface area contributed by atoms with E-state index in [-0.39, 0.29) is 0 Å². The second kappa shape index (κ2) is 4.62. The number of ketones is 1. The van der Waals surface area contributed by atoms with Crippen LogP contribution in [0.25, 0.3) is 0 Å². The number of rotatable bonds is 1. The van der Waals surface area contributed by atoms with Crippen LogP contribution in [0.1, 0.15) is 39.0 Å². The van der Waals surface area contributed by atoms with E-state index < -0.39 is 0 Å². The average molecular weight is 210 g/mol. The highest BCUT2D eigenvalue weighted by Crippen LogP contribution is 2.28. The van der Waals surface area contributed by atoms with E-state index in [4.69, 9.17) is 5.73 Å². The molecular weight excluding hydrogens is 188 g/mol. The van der Waals surface area contributed by atoms with Gasteiger partial charge in [-0.25, -0.2) is 0 Å². The molecule has 0 aromatic carbocycles. The van der Waals surface area contributed by atoms with Gasteiger partial charge in [0.25, 0.3) is 0 Å². The van der Waals surface area contributed by atoms with Gasteiger partial charge in [0.1, 0.15) is 5.78 Å². The number of carbonyl (C=O) groups excluding carboxylic acids is 1. The molecule has 0 radical (unpaired) electrons. The van der Waals surface area contributed by atoms with Crippen molar-refractivity contribution in [2.24, 2.45) is 11.7 Å². The van der Waals surface area contributed by atoms with Crippen LogP contribution in [-0.2, 0) is 4.79 Å². The number of hydrogen-bond donors (Lipinski definition) is 1. The minimum Gasteiger partial charge on any atom is -0.328 e. The first-order chi connectivity index (χ1) is 7.16. The molecule has 1 aliphatic heterocycles. The van der Waals surface area contributed by atoms with E-state index in [1.165, 1.54) is 0 Å². The smallest absolute Gasteiger partial charge is 0.134 e. The summed E-state index contributed by atoms with van der Waals surface area (Å²) in [6.07, 6.45) is 4.84. The molecule has 1 aliphatic carbocycles. The maximum Gasteiger partial charge on any atom is 0.134 e. The van der Waals surface area contributed by atoms with Crippen LogP contribution >= 0.6 is 0 Å². The third kappa shape index (κ3) is 2.58. The molecule has 3 nitrogen and oxygen atoms in total. The minimum absolute atomic E-state index is 0.385. The molecular formula is C12H22N2O. The molecule has 2 atom stereocenters. The van der Waals surface area contributed by atoms with E-state index >= 15 is 0 Å². The van der Waals surface area contributed by atoms with E-state index in [0.29, 0.717) is 23.8 Å². The van der Waals surface area contributed by atoms with Crippen LogP contribution in [0.4, 0.5) is 0 Å². The van der Waals surface area contributed by atoms with Gasteiger partial charge in [-0.05, 0) is 38.3 Å². The maximum atomic E-state index is 11.5. The zero-order valence-corrected chi connectivity index (χ0v) is 9.61. The van der Waals surface area contributed by atoms with Crippen molar-refractivity contribution in [2.45, 2.75) is 51.1 Å². The van der Waals surface area contributed by atoms with E-state index in [1.54, 1.807) is 0 Å². The molecule has 1 saturated carbocycles. The summed E-state index contributed by atoms with van der Waals surface area (Å²) in [7, 11) is 0. The SMILES string of the molecule is CC1CCC(=O)CC1N1CCC(N)CC1. The lowest BCUT2D eigenvalue weighted by Crippen LogP contribution is -2.49. The van der Waals surface area contributed by atoms with Crippen molar-refractivity contribution in [1.82, 2.24) is 4.90 Å². The highest BCUT2D eigenvalue weighted by molar-refractivity contribution is 5.79. The van der Waals surface area contributed by atoms with Crippen LogP contribution in [0, 0.1) is 5.92 Å². The summed E-state index contributed by atoms with van der Waals surface area (Å²) in [6.45, 7) is 4.46. The summed E-state index contributed by atoms with van der Waals surface area (Å²) in [5, 5.41) is 0. The molecule has 0 aromatic heterocycles. The van der Waals surface area contributed by atoms with Gasteiger partial charge in [-0.2, -0.15) is 0 Å². The fourth-order valence-corrected chi connectivity index (χ4v) is 2.86. The fourth-order valence-electron chi connectivity index (χ4n) is 2.86. The standard InChI is InChI=1S/C12H22N2O/c1-9-2-3-11(15)8-12(9)14-6-4-10(13)5-7-14/h9-10,12H,2-8,13H2,1H3. The number of nitrogens with zero attached hydrogens (tertiary/aromatic N) is 1. The molecule has 0 amide bonds. The Morgan fingerprint density at radius 2 is 1.93 bits per heavy atom. The molecule has 0 spiro atoms. The largest absolute Gasteiger partial charge is 0.328 e. The first-order valence-corrected chi connectivity index (χ1v) is 6.18. The van der Waals surface area contributed by atoms with E-state index in [2.05, 4.69) is 11.8 Å². The molecule has 0 bridgehead atoms. The Morgan fingerprint density at radius 1 is 1.27 bits per heavy atom.